The first kappa shape index (κ1) is 8.48. The van der Waals surface area contributed by atoms with Crippen LogP contribution in [0.25, 0.3) is 0 Å². The molecule has 0 spiro atoms. The van der Waals surface area contributed by atoms with Crippen LogP contribution >= 0.6 is 0 Å². The highest BCUT2D eigenvalue weighted by Crippen LogP contribution is 2.41. The first-order valence-corrected chi connectivity index (χ1v) is 5.46. The molecule has 3 rings (SSSR count). The smallest absolute Gasteiger partial charge is 0.197 e. The summed E-state index contributed by atoms with van der Waals surface area (Å²) in [6.45, 7) is 0.283. The lowest BCUT2D eigenvalue weighted by Gasteiger charge is -2.16. The normalized spacial score (nSPS) is 26.2. The molecule has 1 N–H and O–H groups in total. The number of oxazole rings is 1. The lowest BCUT2D eigenvalue weighted by molar-refractivity contribution is 0.208. The first-order valence-electron chi connectivity index (χ1n) is 5.46. The average Bonchev–Trinajstić information content (AvgIpc) is 2.97. The molecule has 14 heavy (non-hydrogen) atoms. The zero-order valence-corrected chi connectivity index (χ0v) is 8.20. The van der Waals surface area contributed by atoms with Gasteiger partial charge in [0, 0.05) is 18.9 Å². The molecule has 1 heterocycles. The third-order valence-corrected chi connectivity index (χ3v) is 3.24. The highest BCUT2D eigenvalue weighted by molar-refractivity contribution is 5.17. The average molecular weight is 193 g/mol. The number of aliphatic hydroxyl groups is 1. The van der Waals surface area contributed by atoms with Crippen LogP contribution < -0.4 is 0 Å². The van der Waals surface area contributed by atoms with Gasteiger partial charge in [0.15, 0.2) is 5.89 Å². The third-order valence-electron chi connectivity index (χ3n) is 3.24. The Morgan fingerprint density at radius 3 is 2.93 bits per heavy atom. The van der Waals surface area contributed by atoms with Crippen LogP contribution in [0.4, 0.5) is 0 Å². The van der Waals surface area contributed by atoms with Crippen LogP contribution in [0.2, 0.25) is 0 Å². The maximum atomic E-state index is 9.09. The SMILES string of the molecule is OCC1CCc2oc(C3CC3)nc2C1. The van der Waals surface area contributed by atoms with Crippen LogP contribution in [0.15, 0.2) is 4.42 Å². The van der Waals surface area contributed by atoms with Crippen LogP contribution in [0.1, 0.15) is 42.5 Å². The third kappa shape index (κ3) is 1.36. The Bertz CT molecular complexity index is 341. The van der Waals surface area contributed by atoms with Gasteiger partial charge in [-0.05, 0) is 31.6 Å². The van der Waals surface area contributed by atoms with Gasteiger partial charge in [0.1, 0.15) is 5.76 Å². The molecule has 76 valence electrons. The summed E-state index contributed by atoms with van der Waals surface area (Å²) >= 11 is 0. The molecule has 3 nitrogen and oxygen atoms in total. The quantitative estimate of drug-likeness (QED) is 0.776. The largest absolute Gasteiger partial charge is 0.445 e. The molecule has 0 radical (unpaired) electrons. The van der Waals surface area contributed by atoms with Gasteiger partial charge in [0.05, 0.1) is 5.69 Å². The Morgan fingerprint density at radius 2 is 2.21 bits per heavy atom. The summed E-state index contributed by atoms with van der Waals surface area (Å²) in [5, 5.41) is 9.09. The van der Waals surface area contributed by atoms with E-state index in [1.807, 2.05) is 0 Å². The van der Waals surface area contributed by atoms with Gasteiger partial charge in [-0.2, -0.15) is 0 Å². The van der Waals surface area contributed by atoms with Crippen LogP contribution in [-0.2, 0) is 12.8 Å². The van der Waals surface area contributed by atoms with Crippen LogP contribution in [0.3, 0.4) is 0 Å². The molecular formula is C11H15NO2. The van der Waals surface area contributed by atoms with Crippen LogP contribution in [0, 0.1) is 5.92 Å². The zero-order valence-electron chi connectivity index (χ0n) is 8.20. The second kappa shape index (κ2) is 3.09. The second-order valence-corrected chi connectivity index (χ2v) is 4.49. The molecule has 0 aliphatic heterocycles. The molecule has 2 aliphatic carbocycles. The summed E-state index contributed by atoms with van der Waals surface area (Å²) in [4.78, 5) is 4.53. The molecule has 1 aromatic heterocycles. The molecule has 1 fully saturated rings. The Balaban J connectivity index is 1.85. The highest BCUT2D eigenvalue weighted by atomic mass is 16.4. The number of hydrogen-bond acceptors (Lipinski definition) is 3. The number of aromatic nitrogens is 1. The van der Waals surface area contributed by atoms with Crippen molar-refractivity contribution in [1.82, 2.24) is 4.98 Å². The number of aliphatic hydroxyl groups excluding tert-OH is 1. The minimum absolute atomic E-state index is 0.283. The summed E-state index contributed by atoms with van der Waals surface area (Å²) in [5.41, 5.74) is 1.11. The van der Waals surface area contributed by atoms with Crippen LogP contribution in [0.5, 0.6) is 0 Å². The minimum atomic E-state index is 0.283. The van der Waals surface area contributed by atoms with E-state index in [4.69, 9.17) is 9.52 Å². The molecule has 1 unspecified atom stereocenters. The highest BCUT2D eigenvalue weighted by Gasteiger charge is 2.31. The van der Waals surface area contributed by atoms with Crippen molar-refractivity contribution in [2.45, 2.75) is 38.0 Å². The predicted molar refractivity (Wildman–Crippen MR) is 51.1 cm³/mol. The lowest BCUT2D eigenvalue weighted by atomic mass is 9.91. The van der Waals surface area contributed by atoms with Gasteiger partial charge in [-0.3, -0.25) is 0 Å². The molecular weight excluding hydrogens is 178 g/mol. The summed E-state index contributed by atoms with van der Waals surface area (Å²) in [6, 6.07) is 0. The molecule has 1 saturated carbocycles. The van der Waals surface area contributed by atoms with Crippen molar-refractivity contribution in [3.05, 3.63) is 17.3 Å². The topological polar surface area (TPSA) is 46.3 Å². The maximum Gasteiger partial charge on any atom is 0.197 e. The molecule has 0 saturated heterocycles. The lowest BCUT2D eigenvalue weighted by Crippen LogP contribution is -2.16. The number of rotatable bonds is 2. The standard InChI is InChI=1S/C11H15NO2/c13-6-7-1-4-10-9(5-7)12-11(14-10)8-2-3-8/h7-8,13H,1-6H2. The second-order valence-electron chi connectivity index (χ2n) is 4.49. The molecule has 2 aliphatic rings. The summed E-state index contributed by atoms with van der Waals surface area (Å²) in [7, 11) is 0. The van der Waals surface area contributed by atoms with Crippen molar-refractivity contribution in [3.8, 4) is 0 Å². The van der Waals surface area contributed by atoms with Crippen molar-refractivity contribution in [2.75, 3.05) is 6.61 Å². The van der Waals surface area contributed by atoms with Gasteiger partial charge < -0.3 is 9.52 Å². The van der Waals surface area contributed by atoms with Gasteiger partial charge >= 0.3 is 0 Å². The van der Waals surface area contributed by atoms with E-state index in [2.05, 4.69) is 4.98 Å². The monoisotopic (exact) mass is 193 g/mol. The van der Waals surface area contributed by atoms with E-state index in [9.17, 15) is 0 Å². The van der Waals surface area contributed by atoms with Gasteiger partial charge in [0.2, 0.25) is 0 Å². The van der Waals surface area contributed by atoms with Crippen molar-refractivity contribution < 1.29 is 9.52 Å². The van der Waals surface area contributed by atoms with E-state index >= 15 is 0 Å². The molecule has 3 heteroatoms. The van der Waals surface area contributed by atoms with Gasteiger partial charge in [0.25, 0.3) is 0 Å². The molecule has 0 aromatic carbocycles. The van der Waals surface area contributed by atoms with Crippen molar-refractivity contribution in [2.24, 2.45) is 5.92 Å². The Labute approximate surface area is 83.1 Å². The minimum Gasteiger partial charge on any atom is -0.445 e. The van der Waals surface area contributed by atoms with E-state index in [1.54, 1.807) is 0 Å². The number of hydrogen-bond donors (Lipinski definition) is 1. The molecule has 0 bridgehead atoms. The molecule has 1 aromatic rings. The van der Waals surface area contributed by atoms with Gasteiger partial charge in [-0.15, -0.1) is 0 Å². The van der Waals surface area contributed by atoms with Crippen LogP contribution in [-0.4, -0.2) is 16.7 Å². The van der Waals surface area contributed by atoms with Crippen molar-refractivity contribution in [1.29, 1.82) is 0 Å². The first-order chi connectivity index (χ1) is 6.86. The van der Waals surface area contributed by atoms with E-state index in [0.717, 1.165) is 36.6 Å². The Hall–Kier alpha value is -0.830. The summed E-state index contributed by atoms with van der Waals surface area (Å²) in [6.07, 6.45) is 5.39. The van der Waals surface area contributed by atoms with E-state index in [1.165, 1.54) is 12.8 Å². The van der Waals surface area contributed by atoms with Crippen molar-refractivity contribution >= 4 is 0 Å². The summed E-state index contributed by atoms with van der Waals surface area (Å²) < 4.78 is 5.73. The number of fused-ring (bicyclic) bond motifs is 1. The Morgan fingerprint density at radius 1 is 1.36 bits per heavy atom. The predicted octanol–water partition coefficient (Wildman–Crippen LogP) is 1.65. The van der Waals surface area contributed by atoms with Gasteiger partial charge in [-0.1, -0.05) is 0 Å². The van der Waals surface area contributed by atoms with Gasteiger partial charge in [-0.25, -0.2) is 4.98 Å². The fourth-order valence-corrected chi connectivity index (χ4v) is 2.13. The number of nitrogens with zero attached hydrogens (tertiary/aromatic N) is 1. The molecule has 0 amide bonds. The molecule has 1 atom stereocenters. The van der Waals surface area contributed by atoms with E-state index < -0.39 is 0 Å². The summed E-state index contributed by atoms with van der Waals surface area (Å²) in [5.74, 6) is 3.04. The van der Waals surface area contributed by atoms with Crippen molar-refractivity contribution in [3.63, 3.8) is 0 Å². The number of aryl methyl sites for hydroxylation is 1. The van der Waals surface area contributed by atoms with E-state index in [-0.39, 0.29) is 6.61 Å². The Kier molecular flexibility index (Phi) is 1.87. The fraction of sp³-hybridized carbons (Fsp3) is 0.727. The zero-order chi connectivity index (χ0) is 9.54. The fourth-order valence-electron chi connectivity index (χ4n) is 2.13. The maximum absolute atomic E-state index is 9.09. The van der Waals surface area contributed by atoms with E-state index in [0.29, 0.717) is 11.8 Å².